The molecule has 44 heavy (non-hydrogen) atoms. The number of ether oxygens (including phenoxy) is 1. The van der Waals surface area contributed by atoms with E-state index in [1.807, 2.05) is 61.5 Å². The van der Waals surface area contributed by atoms with Crippen molar-refractivity contribution in [3.63, 3.8) is 0 Å². The summed E-state index contributed by atoms with van der Waals surface area (Å²) in [5.41, 5.74) is 3.89. The Kier molecular flexibility index (Phi) is 9.79. The predicted octanol–water partition coefficient (Wildman–Crippen LogP) is 2.90. The number of hydrogen-bond acceptors (Lipinski definition) is 6. The molecule has 10 heteroatoms. The van der Waals surface area contributed by atoms with Gasteiger partial charge < -0.3 is 25.0 Å². The summed E-state index contributed by atoms with van der Waals surface area (Å²) in [6.45, 7) is 3.28. The molecule has 0 unspecified atom stereocenters. The summed E-state index contributed by atoms with van der Waals surface area (Å²) >= 11 is 0. The SMILES string of the molecule is C#CCN1CC(=O)N2[C@@H](Cc3ccc(O)cc3)C(=O)N(CCOCc3ccc(C)cc3)C[C@@H]2N1C(=O)NCc1ccccc1. The van der Waals surface area contributed by atoms with Crippen molar-refractivity contribution < 1.29 is 24.2 Å². The molecule has 2 N–H and O–H groups in total. The second-order valence-corrected chi connectivity index (χ2v) is 11.0. The van der Waals surface area contributed by atoms with Gasteiger partial charge in [-0.1, -0.05) is 78.2 Å². The minimum Gasteiger partial charge on any atom is -0.508 e. The van der Waals surface area contributed by atoms with Gasteiger partial charge in [0.15, 0.2) is 0 Å². The number of nitrogens with zero attached hydrogens (tertiary/aromatic N) is 4. The monoisotopic (exact) mass is 595 g/mol. The molecule has 5 rings (SSSR count). The van der Waals surface area contributed by atoms with E-state index >= 15 is 0 Å². The van der Waals surface area contributed by atoms with Crippen molar-refractivity contribution >= 4 is 17.8 Å². The number of urea groups is 1. The summed E-state index contributed by atoms with van der Waals surface area (Å²) in [6, 6.07) is 22.9. The molecular weight excluding hydrogens is 558 g/mol. The molecule has 228 valence electrons. The zero-order valence-electron chi connectivity index (χ0n) is 24.8. The number of fused-ring (bicyclic) bond motifs is 1. The zero-order valence-corrected chi connectivity index (χ0v) is 24.8. The Morgan fingerprint density at radius 2 is 1.70 bits per heavy atom. The first-order valence-electron chi connectivity index (χ1n) is 14.6. The van der Waals surface area contributed by atoms with Gasteiger partial charge in [-0.05, 0) is 35.7 Å². The van der Waals surface area contributed by atoms with Gasteiger partial charge in [-0.15, -0.1) is 6.42 Å². The molecule has 10 nitrogen and oxygen atoms in total. The third-order valence-electron chi connectivity index (χ3n) is 7.86. The summed E-state index contributed by atoms with van der Waals surface area (Å²) < 4.78 is 5.92. The molecule has 2 aliphatic rings. The number of rotatable bonds is 10. The van der Waals surface area contributed by atoms with Crippen molar-refractivity contribution in [3.8, 4) is 18.1 Å². The molecule has 2 saturated heterocycles. The first-order chi connectivity index (χ1) is 21.3. The van der Waals surface area contributed by atoms with Crippen LogP contribution in [0.15, 0.2) is 78.9 Å². The minimum absolute atomic E-state index is 0.0467. The van der Waals surface area contributed by atoms with E-state index in [0.717, 1.165) is 22.3 Å². The van der Waals surface area contributed by atoms with E-state index in [-0.39, 0.29) is 63.3 Å². The number of phenolic OH excluding ortho intramolecular Hbond substituents is 1. The number of carbonyl (C=O) groups excluding carboxylic acids is 3. The quantitative estimate of drug-likeness (QED) is 0.276. The number of nitrogens with one attached hydrogen (secondary N) is 1. The maximum absolute atomic E-state index is 14.0. The van der Waals surface area contributed by atoms with Crippen LogP contribution in [0.2, 0.25) is 0 Å². The first kappa shape index (κ1) is 30.6. The van der Waals surface area contributed by atoms with Gasteiger partial charge in [-0.25, -0.2) is 9.80 Å². The third kappa shape index (κ3) is 7.19. The van der Waals surface area contributed by atoms with Crippen LogP contribution in [-0.2, 0) is 33.9 Å². The van der Waals surface area contributed by atoms with Gasteiger partial charge in [-0.3, -0.25) is 9.59 Å². The predicted molar refractivity (Wildman–Crippen MR) is 165 cm³/mol. The van der Waals surface area contributed by atoms with E-state index < -0.39 is 18.2 Å². The molecule has 2 heterocycles. The van der Waals surface area contributed by atoms with Crippen molar-refractivity contribution in [2.24, 2.45) is 0 Å². The fourth-order valence-electron chi connectivity index (χ4n) is 5.60. The largest absolute Gasteiger partial charge is 0.508 e. The topological polar surface area (TPSA) is 106 Å². The van der Waals surface area contributed by atoms with E-state index in [1.54, 1.807) is 34.2 Å². The molecule has 3 aromatic rings. The smallest absolute Gasteiger partial charge is 0.334 e. The highest BCUT2D eigenvalue weighted by Gasteiger charge is 2.51. The van der Waals surface area contributed by atoms with Crippen LogP contribution < -0.4 is 5.32 Å². The number of phenols is 1. The van der Waals surface area contributed by atoms with E-state index in [9.17, 15) is 19.5 Å². The summed E-state index contributed by atoms with van der Waals surface area (Å²) in [6.07, 6.45) is 5.09. The van der Waals surface area contributed by atoms with Crippen LogP contribution in [0.3, 0.4) is 0 Å². The highest BCUT2D eigenvalue weighted by molar-refractivity contribution is 5.91. The third-order valence-corrected chi connectivity index (χ3v) is 7.86. The number of terminal acetylenes is 1. The second-order valence-electron chi connectivity index (χ2n) is 11.0. The molecule has 0 bridgehead atoms. The summed E-state index contributed by atoms with van der Waals surface area (Å²) in [7, 11) is 0. The maximum Gasteiger partial charge on any atom is 0.334 e. The lowest BCUT2D eigenvalue weighted by atomic mass is 9.98. The summed E-state index contributed by atoms with van der Waals surface area (Å²) in [5, 5.41) is 15.8. The van der Waals surface area contributed by atoms with E-state index in [4.69, 9.17) is 11.2 Å². The summed E-state index contributed by atoms with van der Waals surface area (Å²) in [5.74, 6) is 2.15. The van der Waals surface area contributed by atoms with Crippen LogP contribution >= 0.6 is 0 Å². The highest BCUT2D eigenvalue weighted by Crippen LogP contribution is 2.28. The number of hydrogen-bond donors (Lipinski definition) is 2. The first-order valence-corrected chi connectivity index (χ1v) is 14.6. The fraction of sp³-hybridized carbons (Fsp3) is 0.324. The molecule has 4 amide bonds. The lowest BCUT2D eigenvalue weighted by Crippen LogP contribution is -2.76. The van der Waals surface area contributed by atoms with Crippen LogP contribution in [0.4, 0.5) is 4.79 Å². The van der Waals surface area contributed by atoms with Crippen LogP contribution in [0.25, 0.3) is 0 Å². The molecule has 0 aliphatic carbocycles. The van der Waals surface area contributed by atoms with Crippen molar-refractivity contribution in [2.45, 2.75) is 38.7 Å². The van der Waals surface area contributed by atoms with Gasteiger partial charge in [0, 0.05) is 19.5 Å². The van der Waals surface area contributed by atoms with Gasteiger partial charge in [0.1, 0.15) is 18.0 Å². The number of aryl methyl sites for hydroxylation is 1. The molecule has 0 saturated carbocycles. The van der Waals surface area contributed by atoms with Crippen molar-refractivity contribution in [1.82, 2.24) is 25.1 Å². The number of piperazine rings is 1. The number of carbonyl (C=O) groups is 3. The van der Waals surface area contributed by atoms with E-state index in [0.29, 0.717) is 6.61 Å². The molecular formula is C34H37N5O5. The Morgan fingerprint density at radius 3 is 2.41 bits per heavy atom. The average Bonchev–Trinajstić information content (AvgIpc) is 3.02. The lowest BCUT2D eigenvalue weighted by Gasteiger charge is -2.54. The minimum atomic E-state index is -0.861. The Morgan fingerprint density at radius 1 is 1.00 bits per heavy atom. The Labute approximate surface area is 257 Å². The van der Waals surface area contributed by atoms with E-state index in [1.165, 1.54) is 9.91 Å². The van der Waals surface area contributed by atoms with E-state index in [2.05, 4.69) is 11.2 Å². The number of hydrazine groups is 1. The normalized spacial score (nSPS) is 18.6. The second kappa shape index (κ2) is 14.1. The highest BCUT2D eigenvalue weighted by atomic mass is 16.5. The number of benzene rings is 3. The van der Waals surface area contributed by atoms with Gasteiger partial charge >= 0.3 is 6.03 Å². The Hall–Kier alpha value is -4.85. The molecule has 2 aliphatic heterocycles. The Bertz CT molecular complexity index is 1490. The molecule has 2 fully saturated rings. The number of amides is 4. The van der Waals surface area contributed by atoms with Crippen LogP contribution in [-0.4, -0.2) is 87.8 Å². The van der Waals surface area contributed by atoms with Gasteiger partial charge in [-0.2, -0.15) is 5.01 Å². The molecule has 0 radical (unpaired) electrons. The average molecular weight is 596 g/mol. The van der Waals surface area contributed by atoms with Crippen molar-refractivity contribution in [1.29, 1.82) is 0 Å². The van der Waals surface area contributed by atoms with Gasteiger partial charge in [0.05, 0.1) is 32.8 Å². The molecule has 3 aromatic carbocycles. The summed E-state index contributed by atoms with van der Waals surface area (Å²) in [4.78, 5) is 44.5. The molecule has 0 spiro atoms. The molecule has 2 atom stereocenters. The maximum atomic E-state index is 14.0. The van der Waals surface area contributed by atoms with Gasteiger partial charge in [0.2, 0.25) is 11.8 Å². The lowest BCUT2D eigenvalue weighted by molar-refractivity contribution is -0.189. The number of aromatic hydroxyl groups is 1. The van der Waals surface area contributed by atoms with Crippen LogP contribution in [0, 0.1) is 19.3 Å². The van der Waals surface area contributed by atoms with Gasteiger partial charge in [0.25, 0.3) is 0 Å². The van der Waals surface area contributed by atoms with Crippen molar-refractivity contribution in [3.05, 3.63) is 101 Å². The van der Waals surface area contributed by atoms with Crippen molar-refractivity contribution in [2.75, 3.05) is 32.8 Å². The fourth-order valence-corrected chi connectivity index (χ4v) is 5.60. The molecule has 0 aromatic heterocycles. The standard InChI is InChI=1S/C34H37N5O5/c1-3-17-37-23-32(41)38-30(20-26-13-15-29(40)16-14-26)33(42)36(18-19-44-24-28-11-9-25(2)10-12-28)22-31(38)39(37)34(43)35-21-27-7-5-4-6-8-27/h1,4-16,30-31,40H,17-24H2,2H3,(H,35,43)/t30-,31-/m0/s1. The van der Waals surface area contributed by atoms with Crippen LogP contribution in [0.5, 0.6) is 5.75 Å². The zero-order chi connectivity index (χ0) is 31.1. The van der Waals surface area contributed by atoms with Crippen LogP contribution in [0.1, 0.15) is 22.3 Å². The Balaban J connectivity index is 1.39.